The summed E-state index contributed by atoms with van der Waals surface area (Å²) in [5.74, 6) is 1.45. The van der Waals surface area contributed by atoms with E-state index >= 15 is 0 Å². The number of rotatable bonds is 16. The lowest BCUT2D eigenvalue weighted by atomic mass is 9.73. The number of aliphatic imine (C=N–C) groups is 1. The molecule has 6 unspecified atom stereocenters. The Hall–Kier alpha value is -3.67. The van der Waals surface area contributed by atoms with Gasteiger partial charge < -0.3 is 20.0 Å². The van der Waals surface area contributed by atoms with Crippen molar-refractivity contribution >= 4 is 11.4 Å². The fraction of sp³-hybridized carbons (Fsp3) is 0.583. The summed E-state index contributed by atoms with van der Waals surface area (Å²) in [4.78, 5) is 20.9. The zero-order valence-corrected chi connectivity index (χ0v) is 29.1. The van der Waals surface area contributed by atoms with Gasteiger partial charge in [-0.2, -0.15) is 10.2 Å². The molecule has 3 aromatic rings. The van der Waals surface area contributed by atoms with Gasteiger partial charge in [0.2, 0.25) is 0 Å². The van der Waals surface area contributed by atoms with Crippen LogP contribution in [0.3, 0.4) is 0 Å². The van der Waals surface area contributed by atoms with E-state index in [0.717, 1.165) is 58.4 Å². The molecule has 0 fully saturated rings. The van der Waals surface area contributed by atoms with E-state index < -0.39 is 0 Å². The zero-order chi connectivity index (χ0) is 32.9. The average Bonchev–Trinajstić information content (AvgIpc) is 3.84. The number of nitrogens with zero attached hydrogens (tertiary/aromatic N) is 10. The second kappa shape index (κ2) is 15.0. The van der Waals surface area contributed by atoms with Gasteiger partial charge in [0, 0.05) is 35.4 Å². The Balaban J connectivity index is 1.34. The fourth-order valence-corrected chi connectivity index (χ4v) is 7.79. The van der Waals surface area contributed by atoms with Crippen molar-refractivity contribution < 1.29 is 0 Å². The molecule has 6 atom stereocenters. The van der Waals surface area contributed by atoms with Crippen LogP contribution in [0.4, 0.5) is 5.69 Å². The summed E-state index contributed by atoms with van der Waals surface area (Å²) >= 11 is 0. The summed E-state index contributed by atoms with van der Waals surface area (Å²) in [5.41, 5.74) is 6.59. The Morgan fingerprint density at radius 2 is 1.55 bits per heavy atom. The van der Waals surface area contributed by atoms with Gasteiger partial charge in [-0.1, -0.05) is 24.3 Å². The minimum Gasteiger partial charge on any atom is -0.381 e. The molecule has 0 saturated carbocycles. The van der Waals surface area contributed by atoms with E-state index in [1.807, 2.05) is 15.7 Å². The van der Waals surface area contributed by atoms with Gasteiger partial charge in [-0.25, -0.2) is 14.6 Å². The molecular weight excluding hydrogens is 586 g/mol. The van der Waals surface area contributed by atoms with Crippen LogP contribution in [0.25, 0.3) is 0 Å². The van der Waals surface area contributed by atoms with Crippen LogP contribution in [0, 0.1) is 17.8 Å². The maximum atomic E-state index is 5.63. The smallest absolute Gasteiger partial charge is 0.137 e. The van der Waals surface area contributed by atoms with Crippen LogP contribution < -0.4 is 5.32 Å². The van der Waals surface area contributed by atoms with E-state index in [1.54, 1.807) is 19.0 Å². The Labute approximate surface area is 280 Å². The molecule has 1 N–H and O–H groups in total. The van der Waals surface area contributed by atoms with E-state index in [2.05, 4.69) is 119 Å². The standard InChI is InChI=1S/C36H53N11/c1-43(2)15-7-8-30(35-28(13-16-44(3)4)31-18-26(9-11-33(31)41-35)20-46-24-37-22-39-46)36-29(14-17-45(5)6)32-19-27(10-12-34(32)42-36)21-47-25-38-23-40-47/h9-12,18-19,22-26,28-30,35-36,42H,7-8,13-17,20-21H2,1-6H3. The molecule has 11 heteroatoms. The maximum Gasteiger partial charge on any atom is 0.137 e. The molecule has 0 amide bonds. The number of benzene rings is 1. The lowest BCUT2D eigenvalue weighted by Crippen LogP contribution is -2.41. The molecule has 47 heavy (non-hydrogen) atoms. The molecular formula is C36H53N11. The number of fused-ring (bicyclic) bond motifs is 2. The number of nitrogens with one attached hydrogen (secondary N) is 1. The van der Waals surface area contributed by atoms with Crippen molar-refractivity contribution in [1.82, 2.24) is 44.2 Å². The molecule has 11 nitrogen and oxygen atoms in total. The topological polar surface area (TPSA) is 95.5 Å². The third kappa shape index (κ3) is 8.08. The minimum atomic E-state index is 0.219. The molecule has 2 aliphatic heterocycles. The second-order valence-corrected chi connectivity index (χ2v) is 14.5. The third-order valence-corrected chi connectivity index (χ3v) is 10.1. The van der Waals surface area contributed by atoms with Crippen molar-refractivity contribution in [2.75, 3.05) is 67.2 Å². The highest BCUT2D eigenvalue weighted by atomic mass is 15.3. The van der Waals surface area contributed by atoms with Crippen LogP contribution >= 0.6 is 0 Å². The Morgan fingerprint density at radius 1 is 0.851 bits per heavy atom. The highest BCUT2D eigenvalue weighted by Crippen LogP contribution is 2.48. The molecule has 0 radical (unpaired) electrons. The third-order valence-electron chi connectivity index (χ3n) is 10.1. The molecule has 2 aromatic heterocycles. The van der Waals surface area contributed by atoms with Crippen molar-refractivity contribution in [3.8, 4) is 0 Å². The van der Waals surface area contributed by atoms with E-state index in [0.29, 0.717) is 23.8 Å². The van der Waals surface area contributed by atoms with Crippen molar-refractivity contribution in [2.45, 2.75) is 56.8 Å². The van der Waals surface area contributed by atoms with Crippen LogP contribution in [-0.2, 0) is 13.1 Å². The van der Waals surface area contributed by atoms with E-state index in [4.69, 9.17) is 4.99 Å². The molecule has 6 rings (SSSR count). The van der Waals surface area contributed by atoms with Crippen LogP contribution in [-0.4, -0.2) is 124 Å². The van der Waals surface area contributed by atoms with Gasteiger partial charge in [0.05, 0.1) is 24.8 Å². The lowest BCUT2D eigenvalue weighted by Gasteiger charge is -2.36. The summed E-state index contributed by atoms with van der Waals surface area (Å²) in [6, 6.07) is 7.49. The summed E-state index contributed by atoms with van der Waals surface area (Å²) in [5, 5.41) is 12.9. The average molecular weight is 640 g/mol. The highest BCUT2D eigenvalue weighted by molar-refractivity contribution is 6.11. The molecule has 252 valence electrons. The first kappa shape index (κ1) is 33.2. The van der Waals surface area contributed by atoms with Gasteiger partial charge in [0.1, 0.15) is 25.3 Å². The van der Waals surface area contributed by atoms with E-state index in [-0.39, 0.29) is 12.0 Å². The summed E-state index contributed by atoms with van der Waals surface area (Å²) in [7, 11) is 13.1. The van der Waals surface area contributed by atoms with Crippen LogP contribution in [0.15, 0.2) is 72.3 Å². The van der Waals surface area contributed by atoms with Crippen molar-refractivity contribution in [1.29, 1.82) is 0 Å². The van der Waals surface area contributed by atoms with E-state index in [1.165, 1.54) is 28.1 Å². The van der Waals surface area contributed by atoms with Crippen molar-refractivity contribution in [3.05, 3.63) is 78.4 Å². The second-order valence-electron chi connectivity index (χ2n) is 14.5. The molecule has 0 bridgehead atoms. The quantitative estimate of drug-likeness (QED) is 0.252. The molecule has 0 spiro atoms. The predicted octanol–water partition coefficient (Wildman–Crippen LogP) is 3.91. The highest BCUT2D eigenvalue weighted by Gasteiger charge is 2.46. The Kier molecular flexibility index (Phi) is 10.6. The normalized spacial score (nSPS) is 24.1. The van der Waals surface area contributed by atoms with Crippen LogP contribution in [0.5, 0.6) is 0 Å². The Morgan fingerprint density at radius 3 is 2.23 bits per heavy atom. The van der Waals surface area contributed by atoms with Gasteiger partial charge in [-0.3, -0.25) is 9.67 Å². The number of aromatic nitrogens is 6. The molecule has 4 heterocycles. The van der Waals surface area contributed by atoms with Gasteiger partial charge >= 0.3 is 0 Å². The van der Waals surface area contributed by atoms with Gasteiger partial charge in [0.25, 0.3) is 0 Å². The predicted molar refractivity (Wildman–Crippen MR) is 189 cm³/mol. The summed E-state index contributed by atoms with van der Waals surface area (Å²) < 4.78 is 3.84. The van der Waals surface area contributed by atoms with E-state index in [9.17, 15) is 0 Å². The van der Waals surface area contributed by atoms with Gasteiger partial charge in [0.15, 0.2) is 0 Å². The first-order chi connectivity index (χ1) is 22.7. The summed E-state index contributed by atoms with van der Waals surface area (Å²) in [6.45, 7) is 4.69. The SMILES string of the molecule is CN(C)CCCC(C1N=C2C=CC(Cn3cncn3)C=C2C1CCN(C)C)C1Nc2ccc(Cn3cncn3)cc2C1CCN(C)C. The lowest BCUT2D eigenvalue weighted by molar-refractivity contribution is 0.240. The number of allylic oxidation sites excluding steroid dienone is 3. The minimum absolute atomic E-state index is 0.219. The monoisotopic (exact) mass is 639 g/mol. The van der Waals surface area contributed by atoms with Gasteiger partial charge in [-0.05, 0) is 116 Å². The maximum absolute atomic E-state index is 5.63. The first-order valence-electron chi connectivity index (χ1n) is 17.2. The molecule has 0 saturated heterocycles. The van der Waals surface area contributed by atoms with Crippen molar-refractivity contribution in [3.63, 3.8) is 0 Å². The summed E-state index contributed by atoms with van der Waals surface area (Å²) in [6.07, 6.45) is 18.4. The fourth-order valence-electron chi connectivity index (χ4n) is 7.79. The number of anilines is 1. The largest absolute Gasteiger partial charge is 0.381 e. The van der Waals surface area contributed by atoms with Gasteiger partial charge in [-0.15, -0.1) is 0 Å². The zero-order valence-electron chi connectivity index (χ0n) is 29.1. The first-order valence-corrected chi connectivity index (χ1v) is 17.2. The molecule has 3 aliphatic rings. The van der Waals surface area contributed by atoms with Crippen molar-refractivity contribution in [2.24, 2.45) is 22.7 Å². The molecule has 1 aromatic carbocycles. The number of hydrogen-bond donors (Lipinski definition) is 1. The van der Waals surface area contributed by atoms with Crippen LogP contribution in [0.2, 0.25) is 0 Å². The molecule has 1 aliphatic carbocycles. The van der Waals surface area contributed by atoms with Crippen LogP contribution in [0.1, 0.15) is 42.7 Å². The number of hydrogen-bond acceptors (Lipinski definition) is 9. The Bertz CT molecular complexity index is 1520.